The topological polar surface area (TPSA) is 43.8 Å². The van der Waals surface area contributed by atoms with Crippen LogP contribution in [0.25, 0.3) is 0 Å². The van der Waals surface area contributed by atoms with Crippen molar-refractivity contribution < 1.29 is 0 Å². The smallest absolute Gasteiger partial charge is 0.0954 e. The molecule has 74 valence electrons. The van der Waals surface area contributed by atoms with Gasteiger partial charge in [-0.3, -0.25) is 0 Å². The summed E-state index contributed by atoms with van der Waals surface area (Å²) >= 11 is 0. The molecule has 2 atom stereocenters. The molecule has 0 aliphatic rings. The monoisotopic (exact) mass is 181 g/mol. The molecule has 1 aromatic heterocycles. The first-order valence-corrected chi connectivity index (χ1v) is 4.78. The quantitative estimate of drug-likeness (QED) is 0.770. The van der Waals surface area contributed by atoms with Crippen LogP contribution in [0.4, 0.5) is 0 Å². The zero-order valence-electron chi connectivity index (χ0n) is 8.91. The van der Waals surface area contributed by atoms with Crippen molar-refractivity contribution in [1.29, 1.82) is 0 Å². The van der Waals surface area contributed by atoms with Crippen molar-refractivity contribution in [1.82, 2.24) is 9.55 Å². The molecule has 0 aliphatic carbocycles. The van der Waals surface area contributed by atoms with Gasteiger partial charge < -0.3 is 10.3 Å². The van der Waals surface area contributed by atoms with Gasteiger partial charge in [-0.25, -0.2) is 4.98 Å². The SMILES string of the molecule is Cc1ncn(C(C)C(C)CN)c1C. The van der Waals surface area contributed by atoms with Crippen LogP contribution in [0.5, 0.6) is 0 Å². The van der Waals surface area contributed by atoms with E-state index in [1.165, 1.54) is 5.69 Å². The van der Waals surface area contributed by atoms with Crippen molar-refractivity contribution in [3.8, 4) is 0 Å². The van der Waals surface area contributed by atoms with Crippen LogP contribution in [0.15, 0.2) is 6.33 Å². The minimum absolute atomic E-state index is 0.436. The molecule has 0 amide bonds. The first kappa shape index (κ1) is 10.3. The largest absolute Gasteiger partial charge is 0.332 e. The van der Waals surface area contributed by atoms with Gasteiger partial charge in [0.2, 0.25) is 0 Å². The number of hydrogen-bond donors (Lipinski definition) is 1. The van der Waals surface area contributed by atoms with Gasteiger partial charge in [-0.2, -0.15) is 0 Å². The summed E-state index contributed by atoms with van der Waals surface area (Å²) in [7, 11) is 0. The Kier molecular flexibility index (Phi) is 3.09. The summed E-state index contributed by atoms with van der Waals surface area (Å²) in [6.07, 6.45) is 1.90. The molecule has 3 heteroatoms. The second-order valence-corrected chi connectivity index (χ2v) is 3.78. The van der Waals surface area contributed by atoms with Gasteiger partial charge in [-0.15, -0.1) is 0 Å². The van der Waals surface area contributed by atoms with Crippen LogP contribution in [0.2, 0.25) is 0 Å². The van der Waals surface area contributed by atoms with Crippen molar-refractivity contribution in [2.75, 3.05) is 6.54 Å². The van der Waals surface area contributed by atoms with Gasteiger partial charge >= 0.3 is 0 Å². The van der Waals surface area contributed by atoms with Crippen molar-refractivity contribution >= 4 is 0 Å². The molecule has 3 nitrogen and oxygen atoms in total. The lowest BCUT2D eigenvalue weighted by atomic mass is 10.0. The Morgan fingerprint density at radius 1 is 1.46 bits per heavy atom. The molecule has 0 saturated carbocycles. The predicted molar refractivity (Wildman–Crippen MR) is 54.6 cm³/mol. The molecule has 1 heterocycles. The standard InChI is InChI=1S/C10H19N3/c1-7(5-11)9(3)13-6-12-8(2)10(13)4/h6-7,9H,5,11H2,1-4H3. The molecule has 0 saturated heterocycles. The van der Waals surface area contributed by atoms with Crippen molar-refractivity contribution in [3.63, 3.8) is 0 Å². The van der Waals surface area contributed by atoms with Crippen LogP contribution in [0.1, 0.15) is 31.3 Å². The lowest BCUT2D eigenvalue weighted by molar-refractivity contribution is 0.382. The van der Waals surface area contributed by atoms with E-state index in [0.29, 0.717) is 12.0 Å². The molecular formula is C10H19N3. The highest BCUT2D eigenvalue weighted by molar-refractivity contribution is 5.09. The summed E-state index contributed by atoms with van der Waals surface area (Å²) in [6.45, 7) is 9.21. The van der Waals surface area contributed by atoms with Crippen LogP contribution in [0.3, 0.4) is 0 Å². The second-order valence-electron chi connectivity index (χ2n) is 3.78. The van der Waals surface area contributed by atoms with E-state index < -0.39 is 0 Å². The van der Waals surface area contributed by atoms with Crippen LogP contribution in [0, 0.1) is 19.8 Å². The number of imidazole rings is 1. The fourth-order valence-corrected chi connectivity index (χ4v) is 1.40. The molecule has 1 aromatic rings. The van der Waals surface area contributed by atoms with Crippen molar-refractivity contribution in [2.45, 2.75) is 33.7 Å². The number of nitrogens with zero attached hydrogens (tertiary/aromatic N) is 2. The van der Waals surface area contributed by atoms with Gasteiger partial charge in [0.25, 0.3) is 0 Å². The van der Waals surface area contributed by atoms with Crippen LogP contribution >= 0.6 is 0 Å². The van der Waals surface area contributed by atoms with Gasteiger partial charge in [0, 0.05) is 11.7 Å². The van der Waals surface area contributed by atoms with E-state index in [0.717, 1.165) is 12.2 Å². The van der Waals surface area contributed by atoms with E-state index in [1.807, 2.05) is 13.3 Å². The lowest BCUT2D eigenvalue weighted by Gasteiger charge is -2.21. The van der Waals surface area contributed by atoms with E-state index in [1.54, 1.807) is 0 Å². The molecule has 0 bridgehead atoms. The fourth-order valence-electron chi connectivity index (χ4n) is 1.40. The maximum absolute atomic E-state index is 5.63. The third-order valence-corrected chi connectivity index (χ3v) is 2.92. The molecule has 2 N–H and O–H groups in total. The number of hydrogen-bond acceptors (Lipinski definition) is 2. The van der Waals surface area contributed by atoms with E-state index in [2.05, 4.69) is 30.3 Å². The second kappa shape index (κ2) is 3.92. The molecule has 0 spiro atoms. The molecule has 0 aromatic carbocycles. The Bertz CT molecular complexity index is 278. The van der Waals surface area contributed by atoms with Gasteiger partial charge in [0.15, 0.2) is 0 Å². The average molecular weight is 181 g/mol. The third kappa shape index (κ3) is 1.91. The summed E-state index contributed by atoms with van der Waals surface area (Å²) in [5.41, 5.74) is 7.98. The molecule has 0 radical (unpaired) electrons. The lowest BCUT2D eigenvalue weighted by Crippen LogP contribution is -2.21. The highest BCUT2D eigenvalue weighted by Crippen LogP contribution is 2.19. The fraction of sp³-hybridized carbons (Fsp3) is 0.700. The van der Waals surface area contributed by atoms with Crippen molar-refractivity contribution in [3.05, 3.63) is 17.7 Å². The molecule has 0 aliphatic heterocycles. The van der Waals surface area contributed by atoms with Gasteiger partial charge in [-0.05, 0) is 33.2 Å². The summed E-state index contributed by atoms with van der Waals surface area (Å²) in [6, 6.07) is 0.436. The van der Waals surface area contributed by atoms with E-state index in [4.69, 9.17) is 5.73 Å². The zero-order chi connectivity index (χ0) is 10.0. The Morgan fingerprint density at radius 2 is 2.08 bits per heavy atom. The number of rotatable bonds is 3. The van der Waals surface area contributed by atoms with E-state index in [-0.39, 0.29) is 0 Å². The average Bonchev–Trinajstić information content (AvgIpc) is 2.45. The van der Waals surface area contributed by atoms with Gasteiger partial charge in [0.1, 0.15) is 0 Å². The summed E-state index contributed by atoms with van der Waals surface area (Å²) < 4.78 is 2.20. The molecular weight excluding hydrogens is 162 g/mol. The van der Waals surface area contributed by atoms with Crippen LogP contribution in [-0.2, 0) is 0 Å². The Hall–Kier alpha value is -0.830. The van der Waals surface area contributed by atoms with E-state index >= 15 is 0 Å². The molecule has 1 rings (SSSR count). The van der Waals surface area contributed by atoms with Gasteiger partial charge in [-0.1, -0.05) is 6.92 Å². The number of aromatic nitrogens is 2. The zero-order valence-corrected chi connectivity index (χ0v) is 8.91. The molecule has 13 heavy (non-hydrogen) atoms. The first-order valence-electron chi connectivity index (χ1n) is 4.78. The minimum Gasteiger partial charge on any atom is -0.332 e. The highest BCUT2D eigenvalue weighted by atomic mass is 15.1. The number of aryl methyl sites for hydroxylation is 1. The molecule has 2 unspecified atom stereocenters. The third-order valence-electron chi connectivity index (χ3n) is 2.92. The maximum Gasteiger partial charge on any atom is 0.0954 e. The van der Waals surface area contributed by atoms with E-state index in [9.17, 15) is 0 Å². The summed E-state index contributed by atoms with van der Waals surface area (Å²) in [5.74, 6) is 0.493. The Labute approximate surface area is 80.0 Å². The van der Waals surface area contributed by atoms with Gasteiger partial charge in [0.05, 0.1) is 12.0 Å². The highest BCUT2D eigenvalue weighted by Gasteiger charge is 2.14. The maximum atomic E-state index is 5.63. The summed E-state index contributed by atoms with van der Waals surface area (Å²) in [5, 5.41) is 0. The van der Waals surface area contributed by atoms with Crippen molar-refractivity contribution in [2.24, 2.45) is 11.7 Å². The minimum atomic E-state index is 0.436. The first-order chi connectivity index (χ1) is 6.07. The predicted octanol–water partition coefficient (Wildman–Crippen LogP) is 1.66. The summed E-state index contributed by atoms with van der Waals surface area (Å²) in [4.78, 5) is 4.28. The van der Waals surface area contributed by atoms with Crippen LogP contribution < -0.4 is 5.73 Å². The molecule has 0 fully saturated rings. The normalized spacial score (nSPS) is 15.8. The van der Waals surface area contributed by atoms with Crippen LogP contribution in [-0.4, -0.2) is 16.1 Å². The number of nitrogens with two attached hydrogens (primary N) is 1. The Balaban J connectivity index is 2.88. The Morgan fingerprint density at radius 3 is 2.46 bits per heavy atom.